The molecule has 1 fully saturated rings. The summed E-state index contributed by atoms with van der Waals surface area (Å²) in [5, 5.41) is 16.0. The summed E-state index contributed by atoms with van der Waals surface area (Å²) >= 11 is 0. The zero-order chi connectivity index (χ0) is 15.2. The summed E-state index contributed by atoms with van der Waals surface area (Å²) in [7, 11) is 0. The van der Waals surface area contributed by atoms with Crippen molar-refractivity contribution in [3.05, 3.63) is 29.8 Å². The van der Waals surface area contributed by atoms with E-state index >= 15 is 0 Å². The van der Waals surface area contributed by atoms with Crippen molar-refractivity contribution in [1.29, 1.82) is 0 Å². The second-order valence-electron chi connectivity index (χ2n) is 5.85. The number of carbonyl (C=O) groups is 1. The van der Waals surface area contributed by atoms with Gasteiger partial charge >= 0.3 is 6.03 Å². The van der Waals surface area contributed by atoms with Gasteiger partial charge in [0.05, 0.1) is 6.10 Å². The SMILES string of the molecule is CC(NCC1CCCCC1O)c1ccc(NC(N)=O)cc1. The summed E-state index contributed by atoms with van der Waals surface area (Å²) < 4.78 is 0. The lowest BCUT2D eigenvalue weighted by Crippen LogP contribution is -2.34. The van der Waals surface area contributed by atoms with Crippen LogP contribution in [-0.2, 0) is 0 Å². The van der Waals surface area contributed by atoms with E-state index in [1.165, 1.54) is 6.42 Å². The van der Waals surface area contributed by atoms with Gasteiger partial charge in [0.15, 0.2) is 0 Å². The fourth-order valence-corrected chi connectivity index (χ4v) is 2.87. The summed E-state index contributed by atoms with van der Waals surface area (Å²) in [6, 6.07) is 7.28. The van der Waals surface area contributed by atoms with Gasteiger partial charge in [0.25, 0.3) is 0 Å². The van der Waals surface area contributed by atoms with E-state index in [9.17, 15) is 9.90 Å². The zero-order valence-electron chi connectivity index (χ0n) is 12.5. The van der Waals surface area contributed by atoms with Crippen molar-refractivity contribution in [2.24, 2.45) is 11.7 Å². The van der Waals surface area contributed by atoms with E-state index in [-0.39, 0.29) is 12.1 Å². The van der Waals surface area contributed by atoms with Gasteiger partial charge in [0.2, 0.25) is 0 Å². The van der Waals surface area contributed by atoms with Gasteiger partial charge in [0, 0.05) is 18.3 Å². The van der Waals surface area contributed by atoms with Crippen LogP contribution in [0.2, 0.25) is 0 Å². The molecule has 0 saturated heterocycles. The summed E-state index contributed by atoms with van der Waals surface area (Å²) in [6.45, 7) is 2.94. The molecule has 2 amide bonds. The Kier molecular flexibility index (Phi) is 5.59. The number of aliphatic hydroxyl groups excluding tert-OH is 1. The first kappa shape index (κ1) is 15.8. The number of primary amides is 1. The molecule has 116 valence electrons. The van der Waals surface area contributed by atoms with Crippen molar-refractivity contribution < 1.29 is 9.90 Å². The van der Waals surface area contributed by atoms with Gasteiger partial charge in [-0.15, -0.1) is 0 Å². The summed E-state index contributed by atoms with van der Waals surface area (Å²) in [6.07, 6.45) is 4.21. The van der Waals surface area contributed by atoms with Gasteiger partial charge in [-0.25, -0.2) is 4.79 Å². The number of amides is 2. The van der Waals surface area contributed by atoms with Crippen LogP contribution >= 0.6 is 0 Å². The lowest BCUT2D eigenvalue weighted by molar-refractivity contribution is 0.0684. The zero-order valence-corrected chi connectivity index (χ0v) is 12.5. The average molecular weight is 291 g/mol. The highest BCUT2D eigenvalue weighted by atomic mass is 16.3. The summed E-state index contributed by atoms with van der Waals surface area (Å²) in [5.41, 5.74) is 6.92. The van der Waals surface area contributed by atoms with E-state index in [0.717, 1.165) is 31.4 Å². The molecule has 0 bridgehead atoms. The van der Waals surface area contributed by atoms with E-state index in [2.05, 4.69) is 17.6 Å². The number of rotatable bonds is 5. The molecule has 21 heavy (non-hydrogen) atoms. The molecule has 3 atom stereocenters. The highest BCUT2D eigenvalue weighted by molar-refractivity contribution is 5.87. The maximum Gasteiger partial charge on any atom is 0.316 e. The van der Waals surface area contributed by atoms with Crippen molar-refractivity contribution >= 4 is 11.7 Å². The van der Waals surface area contributed by atoms with Crippen LogP contribution < -0.4 is 16.4 Å². The van der Waals surface area contributed by atoms with Gasteiger partial charge in [0.1, 0.15) is 0 Å². The fraction of sp³-hybridized carbons (Fsp3) is 0.562. The van der Waals surface area contributed by atoms with Crippen molar-refractivity contribution in [3.63, 3.8) is 0 Å². The highest BCUT2D eigenvalue weighted by Crippen LogP contribution is 2.24. The number of carbonyl (C=O) groups excluding carboxylic acids is 1. The van der Waals surface area contributed by atoms with Crippen LogP contribution in [0.1, 0.15) is 44.2 Å². The Morgan fingerprint density at radius 3 is 2.62 bits per heavy atom. The maximum absolute atomic E-state index is 10.8. The molecule has 3 unspecified atom stereocenters. The number of anilines is 1. The first-order valence-electron chi connectivity index (χ1n) is 7.64. The van der Waals surface area contributed by atoms with Crippen LogP contribution in [0.4, 0.5) is 10.5 Å². The molecule has 0 radical (unpaired) electrons. The first-order valence-corrected chi connectivity index (χ1v) is 7.64. The molecule has 5 N–H and O–H groups in total. The normalized spacial score (nSPS) is 23.5. The Morgan fingerprint density at radius 2 is 2.00 bits per heavy atom. The molecule has 1 aliphatic rings. The van der Waals surface area contributed by atoms with Gasteiger partial charge in [-0.3, -0.25) is 0 Å². The van der Waals surface area contributed by atoms with Crippen LogP contribution in [0.25, 0.3) is 0 Å². The van der Waals surface area contributed by atoms with Gasteiger partial charge in [-0.1, -0.05) is 25.0 Å². The van der Waals surface area contributed by atoms with E-state index < -0.39 is 6.03 Å². The molecule has 2 rings (SSSR count). The molecule has 0 aromatic heterocycles. The number of nitrogens with one attached hydrogen (secondary N) is 2. The molecular formula is C16H25N3O2. The van der Waals surface area contributed by atoms with Crippen molar-refractivity contribution in [2.75, 3.05) is 11.9 Å². The van der Waals surface area contributed by atoms with Crippen molar-refractivity contribution in [1.82, 2.24) is 5.32 Å². The van der Waals surface area contributed by atoms with Gasteiger partial charge < -0.3 is 21.5 Å². The predicted molar refractivity (Wildman–Crippen MR) is 84.0 cm³/mol. The maximum atomic E-state index is 10.8. The number of urea groups is 1. The lowest BCUT2D eigenvalue weighted by atomic mass is 9.86. The number of nitrogens with two attached hydrogens (primary N) is 1. The minimum Gasteiger partial charge on any atom is -0.393 e. The monoisotopic (exact) mass is 291 g/mol. The molecule has 1 aliphatic carbocycles. The number of benzene rings is 1. The Hall–Kier alpha value is -1.59. The average Bonchev–Trinajstić information content (AvgIpc) is 2.46. The highest BCUT2D eigenvalue weighted by Gasteiger charge is 2.23. The lowest BCUT2D eigenvalue weighted by Gasteiger charge is -2.29. The molecule has 1 aromatic rings. The Morgan fingerprint density at radius 1 is 1.33 bits per heavy atom. The molecule has 1 saturated carbocycles. The summed E-state index contributed by atoms with van der Waals surface area (Å²) in [5.74, 6) is 0.358. The number of aliphatic hydroxyl groups is 1. The van der Waals surface area contributed by atoms with Crippen molar-refractivity contribution in [3.8, 4) is 0 Å². The third-order valence-corrected chi connectivity index (χ3v) is 4.23. The molecular weight excluding hydrogens is 266 g/mol. The fourth-order valence-electron chi connectivity index (χ4n) is 2.87. The van der Waals surface area contributed by atoms with E-state index in [1.807, 2.05) is 24.3 Å². The quantitative estimate of drug-likeness (QED) is 0.671. The Labute approximate surface area is 125 Å². The van der Waals surface area contributed by atoms with Crippen LogP contribution in [0.15, 0.2) is 24.3 Å². The van der Waals surface area contributed by atoms with Gasteiger partial charge in [-0.2, -0.15) is 0 Å². The molecule has 5 nitrogen and oxygen atoms in total. The standard InChI is InChI=1S/C16H25N3O2/c1-11(18-10-13-4-2-3-5-15(13)20)12-6-8-14(9-7-12)19-16(17)21/h6-9,11,13,15,18,20H,2-5,10H2,1H3,(H3,17,19,21). The first-order chi connectivity index (χ1) is 10.1. The summed E-state index contributed by atoms with van der Waals surface area (Å²) in [4.78, 5) is 10.8. The molecule has 0 aliphatic heterocycles. The topological polar surface area (TPSA) is 87.4 Å². The molecule has 0 heterocycles. The minimum atomic E-state index is -0.555. The minimum absolute atomic E-state index is 0.166. The van der Waals surface area contributed by atoms with E-state index in [0.29, 0.717) is 11.6 Å². The van der Waals surface area contributed by atoms with E-state index in [4.69, 9.17) is 5.73 Å². The van der Waals surface area contributed by atoms with Crippen LogP contribution in [0.3, 0.4) is 0 Å². The Balaban J connectivity index is 1.84. The molecule has 1 aromatic carbocycles. The second kappa shape index (κ2) is 7.43. The second-order valence-corrected chi connectivity index (χ2v) is 5.85. The van der Waals surface area contributed by atoms with Gasteiger partial charge in [-0.05, 0) is 43.4 Å². The van der Waals surface area contributed by atoms with Crippen molar-refractivity contribution in [2.45, 2.75) is 44.8 Å². The number of hydrogen-bond donors (Lipinski definition) is 4. The largest absolute Gasteiger partial charge is 0.393 e. The number of hydrogen-bond acceptors (Lipinski definition) is 3. The molecule has 0 spiro atoms. The predicted octanol–water partition coefficient (Wildman–Crippen LogP) is 2.38. The van der Waals surface area contributed by atoms with E-state index in [1.54, 1.807) is 0 Å². The molecule has 5 heteroatoms. The third-order valence-electron chi connectivity index (χ3n) is 4.23. The van der Waals surface area contributed by atoms with Crippen LogP contribution in [0.5, 0.6) is 0 Å². The van der Waals surface area contributed by atoms with Crippen LogP contribution in [-0.4, -0.2) is 23.8 Å². The third kappa shape index (κ3) is 4.72. The Bertz CT molecular complexity index is 461. The smallest absolute Gasteiger partial charge is 0.316 e. The van der Waals surface area contributed by atoms with Crippen LogP contribution in [0, 0.1) is 5.92 Å².